The summed E-state index contributed by atoms with van der Waals surface area (Å²) >= 11 is 6.05. The molecule has 2 N–H and O–H groups in total. The molecule has 2 aromatic rings. The maximum absolute atomic E-state index is 6.05. The molecule has 0 radical (unpaired) electrons. The van der Waals surface area contributed by atoms with E-state index in [-0.39, 0.29) is 0 Å². The van der Waals surface area contributed by atoms with Gasteiger partial charge in [0, 0.05) is 18.8 Å². The van der Waals surface area contributed by atoms with Crippen LogP contribution in [-0.4, -0.2) is 11.5 Å². The van der Waals surface area contributed by atoms with Crippen molar-refractivity contribution < 1.29 is 0 Å². The minimum Gasteiger partial charge on any atom is -0.327 e. The second kappa shape index (κ2) is 6.04. The summed E-state index contributed by atoms with van der Waals surface area (Å²) in [6.45, 7) is 5.36. The lowest BCUT2D eigenvalue weighted by molar-refractivity contribution is 0.939. The Labute approximate surface area is 119 Å². The Bertz CT molecular complexity index is 569. The van der Waals surface area contributed by atoms with Crippen molar-refractivity contribution in [2.24, 2.45) is 5.73 Å². The standard InChI is InChI=1S/C15H18ClN3/c1-3-19(12-6-4-5-11(2)9-12)15-8-7-13(16)14(10-17)18-15/h4-9H,3,10,17H2,1-2H3. The van der Waals surface area contributed by atoms with Crippen molar-refractivity contribution >= 4 is 23.1 Å². The van der Waals surface area contributed by atoms with Gasteiger partial charge in [0.05, 0.1) is 10.7 Å². The third kappa shape index (κ3) is 3.06. The largest absolute Gasteiger partial charge is 0.327 e. The van der Waals surface area contributed by atoms with Crippen molar-refractivity contribution in [2.75, 3.05) is 11.4 Å². The number of pyridine rings is 1. The minimum absolute atomic E-state index is 0.345. The van der Waals surface area contributed by atoms with E-state index in [9.17, 15) is 0 Å². The zero-order valence-electron chi connectivity index (χ0n) is 11.2. The Balaban J connectivity index is 2.42. The summed E-state index contributed by atoms with van der Waals surface area (Å²) in [6.07, 6.45) is 0. The number of aryl methyl sites for hydroxylation is 1. The summed E-state index contributed by atoms with van der Waals surface area (Å²) in [6, 6.07) is 12.1. The number of hydrogen-bond acceptors (Lipinski definition) is 3. The number of halogens is 1. The highest BCUT2D eigenvalue weighted by Gasteiger charge is 2.10. The van der Waals surface area contributed by atoms with Crippen molar-refractivity contribution in [3.63, 3.8) is 0 Å². The summed E-state index contributed by atoms with van der Waals surface area (Å²) in [5.41, 5.74) is 8.74. The van der Waals surface area contributed by atoms with Crippen LogP contribution in [0.3, 0.4) is 0 Å². The summed E-state index contributed by atoms with van der Waals surface area (Å²) in [5, 5.41) is 0.617. The SMILES string of the molecule is CCN(c1cccc(C)c1)c1ccc(Cl)c(CN)n1. The van der Waals surface area contributed by atoms with Crippen LogP contribution in [-0.2, 0) is 6.54 Å². The molecule has 0 aliphatic carbocycles. The maximum atomic E-state index is 6.05. The molecule has 0 unspecified atom stereocenters. The molecule has 1 aromatic carbocycles. The van der Waals surface area contributed by atoms with E-state index in [1.54, 1.807) is 0 Å². The van der Waals surface area contributed by atoms with Crippen LogP contribution in [0.4, 0.5) is 11.5 Å². The van der Waals surface area contributed by atoms with Gasteiger partial charge in [0.25, 0.3) is 0 Å². The molecule has 0 fully saturated rings. The van der Waals surface area contributed by atoms with Gasteiger partial charge in [0.1, 0.15) is 5.82 Å². The monoisotopic (exact) mass is 275 g/mol. The first kappa shape index (κ1) is 13.8. The van der Waals surface area contributed by atoms with Gasteiger partial charge in [0.15, 0.2) is 0 Å². The van der Waals surface area contributed by atoms with Crippen molar-refractivity contribution in [1.82, 2.24) is 4.98 Å². The zero-order valence-corrected chi connectivity index (χ0v) is 12.0. The van der Waals surface area contributed by atoms with E-state index in [2.05, 4.69) is 41.9 Å². The van der Waals surface area contributed by atoms with Gasteiger partial charge in [-0.25, -0.2) is 4.98 Å². The smallest absolute Gasteiger partial charge is 0.133 e. The number of hydrogen-bond donors (Lipinski definition) is 1. The van der Waals surface area contributed by atoms with E-state index in [0.29, 0.717) is 11.6 Å². The fraction of sp³-hybridized carbons (Fsp3) is 0.267. The van der Waals surface area contributed by atoms with Gasteiger partial charge in [-0.15, -0.1) is 0 Å². The molecule has 0 bridgehead atoms. The Morgan fingerprint density at radius 3 is 2.68 bits per heavy atom. The lowest BCUT2D eigenvalue weighted by atomic mass is 10.2. The fourth-order valence-corrected chi connectivity index (χ4v) is 2.22. The molecule has 0 aliphatic rings. The third-order valence-corrected chi connectivity index (χ3v) is 3.35. The van der Waals surface area contributed by atoms with Crippen LogP contribution in [0, 0.1) is 6.92 Å². The van der Waals surface area contributed by atoms with E-state index >= 15 is 0 Å². The Hall–Kier alpha value is -1.58. The average molecular weight is 276 g/mol. The normalized spacial score (nSPS) is 10.5. The highest BCUT2D eigenvalue weighted by Crippen LogP contribution is 2.26. The first-order chi connectivity index (χ1) is 9.15. The Morgan fingerprint density at radius 2 is 2.05 bits per heavy atom. The second-order valence-electron chi connectivity index (χ2n) is 4.39. The van der Waals surface area contributed by atoms with Crippen LogP contribution in [0.1, 0.15) is 18.2 Å². The molecule has 3 nitrogen and oxygen atoms in total. The molecule has 0 saturated carbocycles. The molecular formula is C15H18ClN3. The van der Waals surface area contributed by atoms with Crippen molar-refractivity contribution in [2.45, 2.75) is 20.4 Å². The first-order valence-electron chi connectivity index (χ1n) is 6.35. The molecule has 0 atom stereocenters. The number of anilines is 2. The van der Waals surface area contributed by atoms with Gasteiger partial charge >= 0.3 is 0 Å². The van der Waals surface area contributed by atoms with Crippen LogP contribution >= 0.6 is 11.6 Å². The number of aromatic nitrogens is 1. The molecule has 0 aliphatic heterocycles. The topological polar surface area (TPSA) is 42.1 Å². The molecule has 4 heteroatoms. The highest BCUT2D eigenvalue weighted by molar-refractivity contribution is 6.31. The summed E-state index contributed by atoms with van der Waals surface area (Å²) in [4.78, 5) is 6.68. The van der Waals surface area contributed by atoms with Crippen LogP contribution in [0.25, 0.3) is 0 Å². The Kier molecular flexibility index (Phi) is 4.40. The van der Waals surface area contributed by atoms with Crippen LogP contribution in [0.5, 0.6) is 0 Å². The molecule has 0 spiro atoms. The lowest BCUT2D eigenvalue weighted by Crippen LogP contribution is -2.18. The zero-order chi connectivity index (χ0) is 13.8. The lowest BCUT2D eigenvalue weighted by Gasteiger charge is -2.23. The number of nitrogens with two attached hydrogens (primary N) is 1. The van der Waals surface area contributed by atoms with Crippen LogP contribution in [0.15, 0.2) is 36.4 Å². The maximum Gasteiger partial charge on any atom is 0.133 e. The summed E-state index contributed by atoms with van der Waals surface area (Å²) < 4.78 is 0. The minimum atomic E-state index is 0.345. The van der Waals surface area contributed by atoms with Crippen molar-refractivity contribution in [1.29, 1.82) is 0 Å². The molecule has 1 aromatic heterocycles. The molecule has 2 rings (SSSR count). The van der Waals surface area contributed by atoms with Gasteiger partial charge in [-0.2, -0.15) is 0 Å². The number of nitrogens with zero attached hydrogens (tertiary/aromatic N) is 2. The number of rotatable bonds is 4. The first-order valence-corrected chi connectivity index (χ1v) is 6.73. The number of benzene rings is 1. The Morgan fingerprint density at radius 1 is 1.26 bits per heavy atom. The predicted octanol–water partition coefficient (Wildman–Crippen LogP) is 3.66. The van der Waals surface area contributed by atoms with E-state index in [1.165, 1.54) is 5.56 Å². The van der Waals surface area contributed by atoms with Crippen molar-refractivity contribution in [3.05, 3.63) is 52.7 Å². The molecule has 1 heterocycles. The van der Waals surface area contributed by atoms with Gasteiger partial charge in [-0.3, -0.25) is 0 Å². The highest BCUT2D eigenvalue weighted by atomic mass is 35.5. The van der Waals surface area contributed by atoms with E-state index in [4.69, 9.17) is 17.3 Å². The summed E-state index contributed by atoms with van der Waals surface area (Å²) in [7, 11) is 0. The van der Waals surface area contributed by atoms with Crippen molar-refractivity contribution in [3.8, 4) is 0 Å². The van der Waals surface area contributed by atoms with E-state index in [0.717, 1.165) is 23.7 Å². The van der Waals surface area contributed by atoms with Crippen LogP contribution < -0.4 is 10.6 Å². The summed E-state index contributed by atoms with van der Waals surface area (Å²) in [5.74, 6) is 0.873. The van der Waals surface area contributed by atoms with Gasteiger partial charge < -0.3 is 10.6 Å². The van der Waals surface area contributed by atoms with E-state index < -0.39 is 0 Å². The average Bonchev–Trinajstić information content (AvgIpc) is 2.41. The molecule has 0 saturated heterocycles. The van der Waals surface area contributed by atoms with Gasteiger partial charge in [-0.05, 0) is 43.7 Å². The third-order valence-electron chi connectivity index (χ3n) is 3.00. The molecule has 19 heavy (non-hydrogen) atoms. The predicted molar refractivity (Wildman–Crippen MR) is 81.0 cm³/mol. The molecular weight excluding hydrogens is 258 g/mol. The second-order valence-corrected chi connectivity index (χ2v) is 4.79. The van der Waals surface area contributed by atoms with Gasteiger partial charge in [0.2, 0.25) is 0 Å². The fourth-order valence-electron chi connectivity index (χ4n) is 2.04. The quantitative estimate of drug-likeness (QED) is 0.926. The van der Waals surface area contributed by atoms with Gasteiger partial charge in [-0.1, -0.05) is 23.7 Å². The molecule has 0 amide bonds. The van der Waals surface area contributed by atoms with E-state index in [1.807, 2.05) is 18.2 Å². The van der Waals surface area contributed by atoms with Crippen LogP contribution in [0.2, 0.25) is 5.02 Å². The molecule has 100 valence electrons.